The van der Waals surface area contributed by atoms with Crippen molar-refractivity contribution in [2.75, 3.05) is 0 Å². The van der Waals surface area contributed by atoms with E-state index in [2.05, 4.69) is 72.8 Å². The van der Waals surface area contributed by atoms with Crippen LogP contribution in [0.15, 0.2) is 133 Å². The smallest absolute Gasteiger partial charge is 0.123 e. The molecule has 0 spiro atoms. The summed E-state index contributed by atoms with van der Waals surface area (Å²) in [5.41, 5.74) is 5.50. The number of rotatable bonds is 10. The topological polar surface area (TPSA) is 40.5 Å². The molecule has 0 unspecified atom stereocenters. The first-order valence-corrected chi connectivity index (χ1v) is 19.1. The summed E-state index contributed by atoms with van der Waals surface area (Å²) >= 11 is 0. The molecule has 0 saturated heterocycles. The van der Waals surface area contributed by atoms with Crippen molar-refractivity contribution < 1.29 is 10.2 Å². The van der Waals surface area contributed by atoms with E-state index in [0.29, 0.717) is 22.8 Å². The summed E-state index contributed by atoms with van der Waals surface area (Å²) in [7, 11) is -2.13. The second-order valence-electron chi connectivity index (χ2n) is 13.0. The minimum absolute atomic E-state index is 0.0511. The van der Waals surface area contributed by atoms with Gasteiger partial charge in [-0.3, -0.25) is 0 Å². The van der Waals surface area contributed by atoms with Gasteiger partial charge in [0.1, 0.15) is 22.8 Å². The third-order valence-electron chi connectivity index (χ3n) is 10.4. The third kappa shape index (κ3) is 6.97. The molecule has 45 heavy (non-hydrogen) atoms. The molecule has 0 heterocycles. The van der Waals surface area contributed by atoms with Crippen LogP contribution in [0.2, 0.25) is 0 Å². The molecule has 3 heteroatoms. The Morgan fingerprint density at radius 3 is 1.11 bits per heavy atom. The molecule has 2 fully saturated rings. The minimum atomic E-state index is -2.13. The number of hydrogen-bond acceptors (Lipinski definition) is 2. The van der Waals surface area contributed by atoms with Crippen molar-refractivity contribution in [2.45, 2.75) is 86.8 Å². The third-order valence-corrected chi connectivity index (χ3v) is 16.8. The highest BCUT2D eigenvalue weighted by Crippen LogP contribution is 2.87. The van der Waals surface area contributed by atoms with Crippen LogP contribution in [0.4, 0.5) is 0 Å². The van der Waals surface area contributed by atoms with Crippen LogP contribution < -0.4 is 0 Å². The predicted molar refractivity (Wildman–Crippen MR) is 193 cm³/mol. The molecule has 232 valence electrons. The molecule has 4 aromatic rings. The van der Waals surface area contributed by atoms with Crippen LogP contribution >= 0.6 is 7.26 Å². The zero-order valence-corrected chi connectivity index (χ0v) is 27.3. The van der Waals surface area contributed by atoms with Crippen molar-refractivity contribution >= 4 is 18.8 Å². The van der Waals surface area contributed by atoms with Crippen LogP contribution in [-0.2, 0) is 0 Å². The maximum atomic E-state index is 11.9. The van der Waals surface area contributed by atoms with E-state index in [0.717, 1.165) is 11.1 Å². The first-order valence-electron chi connectivity index (χ1n) is 17.1. The van der Waals surface area contributed by atoms with Gasteiger partial charge >= 0.3 is 0 Å². The van der Waals surface area contributed by atoms with Gasteiger partial charge in [0, 0.05) is 30.5 Å². The number of aliphatic hydroxyl groups excluding tert-OH is 2. The molecule has 0 bridgehead atoms. The lowest BCUT2D eigenvalue weighted by molar-refractivity contribution is 0.471. The van der Waals surface area contributed by atoms with E-state index < -0.39 is 7.26 Å². The predicted octanol–water partition coefficient (Wildman–Crippen LogP) is 12.4. The maximum Gasteiger partial charge on any atom is 0.123 e. The summed E-state index contributed by atoms with van der Waals surface area (Å²) in [6, 6.07) is 42.2. The highest BCUT2D eigenvalue weighted by molar-refractivity contribution is 7.78. The Bertz CT molecular complexity index is 1400. The summed E-state index contributed by atoms with van der Waals surface area (Å²) in [6.45, 7) is 0. The van der Waals surface area contributed by atoms with Gasteiger partial charge in [-0.1, -0.05) is 134 Å². The first kappa shape index (κ1) is 31.4. The van der Waals surface area contributed by atoms with Crippen LogP contribution in [0.3, 0.4) is 0 Å². The van der Waals surface area contributed by atoms with Gasteiger partial charge in [-0.2, -0.15) is 0 Å². The Balaban J connectivity index is 1.68. The average molecular weight is 616 g/mol. The molecule has 0 radical (unpaired) electrons. The Kier molecular flexibility index (Phi) is 10.5. The van der Waals surface area contributed by atoms with Gasteiger partial charge in [-0.15, -0.1) is 0 Å². The second kappa shape index (κ2) is 15.1. The van der Waals surface area contributed by atoms with E-state index in [1.807, 2.05) is 60.7 Å². The fraction of sp³-hybridized carbons (Fsp3) is 0.333. The van der Waals surface area contributed by atoms with Crippen LogP contribution in [0.25, 0.3) is 11.5 Å². The number of benzene rings is 4. The summed E-state index contributed by atoms with van der Waals surface area (Å²) in [6.07, 6.45) is 17.0. The molecular formula is C42H48O2P+. The Labute approximate surface area is 270 Å². The number of hydrogen-bond donors (Lipinski definition) is 2. The Morgan fingerprint density at radius 1 is 0.467 bits per heavy atom. The molecule has 2 aliphatic rings. The number of allylic oxidation sites excluding steroid dienone is 2. The van der Waals surface area contributed by atoms with Crippen molar-refractivity contribution in [3.05, 3.63) is 156 Å². The van der Waals surface area contributed by atoms with Crippen molar-refractivity contribution in [1.82, 2.24) is 0 Å². The molecular weight excluding hydrogens is 567 g/mol. The molecule has 4 aromatic carbocycles. The highest BCUT2D eigenvalue weighted by atomic mass is 31.2. The van der Waals surface area contributed by atoms with Gasteiger partial charge in [-0.25, -0.2) is 0 Å². The maximum absolute atomic E-state index is 11.9. The second-order valence-corrected chi connectivity index (χ2v) is 17.4. The van der Waals surface area contributed by atoms with Crippen LogP contribution in [0, 0.1) is 0 Å². The van der Waals surface area contributed by atoms with Gasteiger partial charge in [0.2, 0.25) is 0 Å². The fourth-order valence-electron chi connectivity index (χ4n) is 8.41. The standard InChI is InChI=1S/C42H47O2P/c43-39(33-19-7-1-8-20-33)31-41(35-23-11-3-12-24-35)45(37-27-15-5-16-28-37,38-29-17-6-18-30-38)42(36-25-13-4-14-26-36)32-40(44)34-21-9-2-10-22-34/h1-4,7-14,19-26,31-32,37-38,41-42H,5-6,15-18,27-30H2,(H-,43,44)/p+1/b39-31-,40-32-/t41-,42+. The summed E-state index contributed by atoms with van der Waals surface area (Å²) in [5.74, 6) is 0.729. The van der Waals surface area contributed by atoms with E-state index >= 15 is 0 Å². The van der Waals surface area contributed by atoms with Crippen LogP contribution in [0.5, 0.6) is 0 Å². The van der Waals surface area contributed by atoms with Gasteiger partial charge in [0.25, 0.3) is 0 Å². The van der Waals surface area contributed by atoms with Crippen LogP contribution in [-0.4, -0.2) is 21.5 Å². The van der Waals surface area contributed by atoms with Crippen LogP contribution in [0.1, 0.15) is 97.8 Å². The molecule has 0 aromatic heterocycles. The molecule has 2 nitrogen and oxygen atoms in total. The zero-order valence-electron chi connectivity index (χ0n) is 26.4. The zero-order chi connectivity index (χ0) is 30.9. The van der Waals surface area contributed by atoms with E-state index in [-0.39, 0.29) is 11.3 Å². The van der Waals surface area contributed by atoms with E-state index in [1.54, 1.807) is 0 Å². The molecule has 2 atom stereocenters. The van der Waals surface area contributed by atoms with Gasteiger partial charge in [0.05, 0.1) is 11.3 Å². The van der Waals surface area contributed by atoms with Crippen molar-refractivity contribution in [3.63, 3.8) is 0 Å². The van der Waals surface area contributed by atoms with Crippen molar-refractivity contribution in [2.24, 2.45) is 0 Å². The fourth-order valence-corrected chi connectivity index (χ4v) is 15.9. The summed E-state index contributed by atoms with van der Waals surface area (Å²) in [5, 5.41) is 23.9. The molecule has 6 rings (SSSR count). The lowest BCUT2D eigenvalue weighted by Gasteiger charge is -2.50. The summed E-state index contributed by atoms with van der Waals surface area (Å²) in [4.78, 5) is 0. The Morgan fingerprint density at radius 2 is 0.778 bits per heavy atom. The largest absolute Gasteiger partial charge is 0.507 e. The van der Waals surface area contributed by atoms with E-state index in [1.165, 1.54) is 75.3 Å². The Hall–Kier alpha value is -3.61. The van der Waals surface area contributed by atoms with Gasteiger partial charge in [0.15, 0.2) is 0 Å². The minimum Gasteiger partial charge on any atom is -0.507 e. The lowest BCUT2D eigenvalue weighted by Crippen LogP contribution is -2.34. The van der Waals surface area contributed by atoms with E-state index in [9.17, 15) is 10.2 Å². The van der Waals surface area contributed by atoms with Gasteiger partial charge in [-0.05, 0) is 62.5 Å². The first-order chi connectivity index (χ1) is 22.2. The molecule has 0 amide bonds. The molecule has 2 aliphatic carbocycles. The SMILES string of the molecule is O/C(=C\[C@H](c1ccccc1)[P+](C1CCCCC1)(C1CCCCC1)[C@@H](/C=C(\O)c1ccccc1)c1ccccc1)c1ccccc1. The highest BCUT2D eigenvalue weighted by Gasteiger charge is 2.62. The van der Waals surface area contributed by atoms with Crippen molar-refractivity contribution in [1.29, 1.82) is 0 Å². The normalized spacial score (nSPS) is 18.8. The molecule has 2 saturated carbocycles. The number of aliphatic hydroxyl groups is 2. The molecule has 0 aliphatic heterocycles. The van der Waals surface area contributed by atoms with Crippen molar-refractivity contribution in [3.8, 4) is 0 Å². The summed E-state index contributed by atoms with van der Waals surface area (Å²) < 4.78 is 0. The lowest BCUT2D eigenvalue weighted by atomic mass is 9.99. The average Bonchev–Trinajstić information content (AvgIpc) is 3.13. The molecule has 2 N–H and O–H groups in total. The monoisotopic (exact) mass is 615 g/mol. The quantitative estimate of drug-likeness (QED) is 0.138. The van der Waals surface area contributed by atoms with E-state index in [4.69, 9.17) is 0 Å². The van der Waals surface area contributed by atoms with Gasteiger partial charge < -0.3 is 10.2 Å².